The van der Waals surface area contributed by atoms with Crippen molar-refractivity contribution in [1.29, 1.82) is 0 Å². The van der Waals surface area contributed by atoms with E-state index in [1.807, 2.05) is 35.2 Å². The van der Waals surface area contributed by atoms with Crippen LogP contribution in [-0.2, 0) is 14.4 Å². The zero-order chi connectivity index (χ0) is 23.7. The highest BCUT2D eigenvalue weighted by atomic mass is 16.5. The Morgan fingerprint density at radius 1 is 1.12 bits per heavy atom. The maximum Gasteiger partial charge on any atom is 0.234 e. The molecule has 1 N–H and O–H groups in total. The van der Waals surface area contributed by atoms with Crippen LogP contribution in [0.15, 0.2) is 41.0 Å². The Labute approximate surface area is 198 Å². The molecule has 2 fully saturated rings. The maximum absolute atomic E-state index is 12.4. The first-order chi connectivity index (χ1) is 16.5. The number of rotatable bonds is 6. The second kappa shape index (κ2) is 9.49. The number of ether oxygens (including phenoxy) is 1. The minimum Gasteiger partial charge on any atom is -0.494 e. The molecular weight excluding hydrogens is 432 g/mol. The number of hydrogen-bond acceptors (Lipinski definition) is 5. The Kier molecular flexibility index (Phi) is 6.26. The van der Waals surface area contributed by atoms with Gasteiger partial charge in [0.05, 0.1) is 18.8 Å². The highest BCUT2D eigenvalue weighted by Crippen LogP contribution is 2.35. The Hall–Kier alpha value is -3.35. The third-order valence-corrected chi connectivity index (χ3v) is 7.23. The van der Waals surface area contributed by atoms with Gasteiger partial charge < -0.3 is 14.1 Å². The lowest BCUT2D eigenvalue weighted by Gasteiger charge is -2.31. The van der Waals surface area contributed by atoms with E-state index in [9.17, 15) is 14.4 Å². The first-order valence-corrected chi connectivity index (χ1v) is 12.1. The molecule has 2 saturated heterocycles. The van der Waals surface area contributed by atoms with Crippen molar-refractivity contribution in [1.82, 2.24) is 10.2 Å². The monoisotopic (exact) mass is 462 g/mol. The molecule has 0 spiro atoms. The molecule has 0 radical (unpaired) electrons. The van der Waals surface area contributed by atoms with Gasteiger partial charge in [-0.05, 0) is 73.1 Å². The molecule has 5 rings (SSSR count). The summed E-state index contributed by atoms with van der Waals surface area (Å²) in [6, 6.07) is 10.1. The molecule has 7 nitrogen and oxygen atoms in total. The van der Waals surface area contributed by atoms with Crippen LogP contribution in [0.5, 0.6) is 5.75 Å². The lowest BCUT2D eigenvalue weighted by molar-refractivity contribution is -0.134. The fraction of sp³-hybridized carbons (Fsp3) is 0.444. The first kappa shape index (κ1) is 22.4. The van der Waals surface area contributed by atoms with Gasteiger partial charge in [0.15, 0.2) is 0 Å². The Bertz CT molecular complexity index is 1240. The van der Waals surface area contributed by atoms with Crippen molar-refractivity contribution >= 4 is 39.5 Å². The van der Waals surface area contributed by atoms with Gasteiger partial charge in [-0.3, -0.25) is 19.7 Å². The van der Waals surface area contributed by atoms with Crippen LogP contribution in [0.2, 0.25) is 0 Å². The third-order valence-electron chi connectivity index (χ3n) is 7.23. The van der Waals surface area contributed by atoms with Gasteiger partial charge in [0.1, 0.15) is 11.3 Å². The molecule has 3 amide bonds. The van der Waals surface area contributed by atoms with Crippen molar-refractivity contribution < 1.29 is 23.5 Å². The molecule has 0 unspecified atom stereocenters. The second-order valence-corrected chi connectivity index (χ2v) is 9.49. The van der Waals surface area contributed by atoms with Crippen molar-refractivity contribution in [2.45, 2.75) is 51.4 Å². The van der Waals surface area contributed by atoms with Crippen molar-refractivity contribution in [3.05, 3.63) is 42.2 Å². The topological polar surface area (TPSA) is 88.8 Å². The average Bonchev–Trinajstić information content (AvgIpc) is 3.23. The summed E-state index contributed by atoms with van der Waals surface area (Å²) >= 11 is 0. The SMILES string of the molecule is CC(=O)N1CCC(CCCOc2ccc3cc4occ([C@H]5CCC(=O)NC5=O)c4cc3c2)CC1. The normalized spacial score (nSPS) is 19.6. The van der Waals surface area contributed by atoms with E-state index in [0.29, 0.717) is 25.4 Å². The van der Waals surface area contributed by atoms with E-state index in [1.165, 1.54) is 0 Å². The number of carbonyl (C=O) groups excluding carboxylic acids is 3. The highest BCUT2D eigenvalue weighted by Gasteiger charge is 2.30. The molecule has 0 aliphatic carbocycles. The van der Waals surface area contributed by atoms with Crippen LogP contribution in [0, 0.1) is 5.92 Å². The van der Waals surface area contributed by atoms with E-state index in [2.05, 4.69) is 5.32 Å². The number of fused-ring (bicyclic) bond motifs is 2. The minimum atomic E-state index is -0.377. The van der Waals surface area contributed by atoms with Gasteiger partial charge in [0, 0.05) is 37.4 Å². The Balaban J connectivity index is 1.23. The molecule has 178 valence electrons. The number of imide groups is 1. The van der Waals surface area contributed by atoms with Crippen molar-refractivity contribution in [2.75, 3.05) is 19.7 Å². The van der Waals surface area contributed by atoms with Crippen LogP contribution in [0.1, 0.15) is 56.9 Å². The van der Waals surface area contributed by atoms with Gasteiger partial charge in [0.25, 0.3) is 0 Å². The molecule has 2 aliphatic rings. The molecule has 1 atom stereocenters. The van der Waals surface area contributed by atoms with Gasteiger partial charge in [-0.1, -0.05) is 6.07 Å². The smallest absolute Gasteiger partial charge is 0.234 e. The molecule has 0 bridgehead atoms. The van der Waals surface area contributed by atoms with Crippen LogP contribution in [0.3, 0.4) is 0 Å². The van der Waals surface area contributed by atoms with Gasteiger partial charge in [0.2, 0.25) is 17.7 Å². The molecule has 2 aromatic carbocycles. The molecule has 3 aromatic rings. The van der Waals surface area contributed by atoms with Gasteiger partial charge in [-0.25, -0.2) is 0 Å². The van der Waals surface area contributed by atoms with Gasteiger partial charge >= 0.3 is 0 Å². The van der Waals surface area contributed by atoms with E-state index in [1.54, 1.807) is 13.2 Å². The maximum atomic E-state index is 12.4. The van der Waals surface area contributed by atoms with Crippen LogP contribution < -0.4 is 10.1 Å². The molecule has 3 heterocycles. The Morgan fingerprint density at radius 2 is 1.94 bits per heavy atom. The summed E-state index contributed by atoms with van der Waals surface area (Å²) in [5, 5.41) is 5.40. The van der Waals surface area contributed by atoms with E-state index >= 15 is 0 Å². The summed E-state index contributed by atoms with van der Waals surface area (Å²) in [4.78, 5) is 37.3. The zero-order valence-corrected chi connectivity index (χ0v) is 19.5. The molecule has 34 heavy (non-hydrogen) atoms. The van der Waals surface area contributed by atoms with Crippen LogP contribution in [0.4, 0.5) is 0 Å². The number of piperidine rings is 2. The molecule has 7 heteroatoms. The van der Waals surface area contributed by atoms with Crippen molar-refractivity contribution in [2.24, 2.45) is 5.92 Å². The number of nitrogens with zero attached hydrogens (tertiary/aromatic N) is 1. The molecule has 2 aliphatic heterocycles. The summed E-state index contributed by atoms with van der Waals surface area (Å²) < 4.78 is 11.8. The fourth-order valence-corrected chi connectivity index (χ4v) is 5.22. The lowest BCUT2D eigenvalue weighted by atomic mass is 9.90. The number of likely N-dealkylation sites (tertiary alicyclic amines) is 1. The predicted molar refractivity (Wildman–Crippen MR) is 129 cm³/mol. The number of furan rings is 1. The summed E-state index contributed by atoms with van der Waals surface area (Å²) in [6.07, 6.45) is 6.73. The lowest BCUT2D eigenvalue weighted by Crippen LogP contribution is -2.39. The van der Waals surface area contributed by atoms with Gasteiger partial charge in [-0.15, -0.1) is 0 Å². The summed E-state index contributed by atoms with van der Waals surface area (Å²) in [7, 11) is 0. The quantitative estimate of drug-likeness (QED) is 0.430. The number of amides is 3. The summed E-state index contributed by atoms with van der Waals surface area (Å²) in [5.41, 5.74) is 1.56. The van der Waals surface area contributed by atoms with Gasteiger partial charge in [-0.2, -0.15) is 0 Å². The number of benzene rings is 2. The fourth-order valence-electron chi connectivity index (χ4n) is 5.22. The number of hydrogen-bond donors (Lipinski definition) is 1. The summed E-state index contributed by atoms with van der Waals surface area (Å²) in [5.74, 6) is 0.805. The van der Waals surface area contributed by atoms with Crippen LogP contribution in [0.25, 0.3) is 21.7 Å². The van der Waals surface area contributed by atoms with Crippen molar-refractivity contribution in [3.63, 3.8) is 0 Å². The third kappa shape index (κ3) is 4.65. The van der Waals surface area contributed by atoms with E-state index < -0.39 is 0 Å². The second-order valence-electron chi connectivity index (χ2n) is 9.49. The van der Waals surface area contributed by atoms with E-state index in [0.717, 1.165) is 71.8 Å². The summed E-state index contributed by atoms with van der Waals surface area (Å²) in [6.45, 7) is 4.04. The standard InChI is InChI=1S/C27H30N2O5/c1-17(30)29-10-8-18(9-11-29)3-2-12-33-21-5-4-19-15-25-23(14-20(19)13-21)24(16-34-25)22-6-7-26(31)28-27(22)32/h4-5,13-16,18,22H,2-3,6-12H2,1H3,(H,28,31,32)/t22-/m1/s1. The van der Waals surface area contributed by atoms with E-state index in [4.69, 9.17) is 9.15 Å². The number of carbonyl (C=O) groups is 3. The number of nitrogens with one attached hydrogen (secondary N) is 1. The van der Waals surface area contributed by atoms with Crippen LogP contribution in [-0.4, -0.2) is 42.3 Å². The minimum absolute atomic E-state index is 0.176. The molecule has 1 aromatic heterocycles. The average molecular weight is 463 g/mol. The Morgan fingerprint density at radius 3 is 2.71 bits per heavy atom. The first-order valence-electron chi connectivity index (χ1n) is 12.1. The largest absolute Gasteiger partial charge is 0.494 e. The molecular formula is C27H30N2O5. The molecule has 0 saturated carbocycles. The zero-order valence-electron chi connectivity index (χ0n) is 19.5. The van der Waals surface area contributed by atoms with Crippen molar-refractivity contribution in [3.8, 4) is 5.75 Å². The highest BCUT2D eigenvalue weighted by molar-refractivity contribution is 6.04. The van der Waals surface area contributed by atoms with E-state index in [-0.39, 0.29) is 23.6 Å². The van der Waals surface area contributed by atoms with Crippen LogP contribution >= 0.6 is 0 Å². The predicted octanol–water partition coefficient (Wildman–Crippen LogP) is 4.52.